The van der Waals surface area contributed by atoms with E-state index in [1.165, 1.54) is 0 Å². The Kier molecular flexibility index (Phi) is 8.39. The summed E-state index contributed by atoms with van der Waals surface area (Å²) in [6.07, 6.45) is 2.07. The molecule has 0 bridgehead atoms. The van der Waals surface area contributed by atoms with Gasteiger partial charge in [-0.05, 0) is 24.5 Å². The van der Waals surface area contributed by atoms with Crippen LogP contribution in [0.4, 0.5) is 0 Å². The van der Waals surface area contributed by atoms with Gasteiger partial charge in [0.05, 0.1) is 12.6 Å². The maximum Gasteiger partial charge on any atom is 0.234 e. The molecule has 0 spiro atoms. The van der Waals surface area contributed by atoms with Gasteiger partial charge in [-0.3, -0.25) is 4.79 Å². The Hall–Kier alpha value is -0.730. The Morgan fingerprint density at radius 1 is 1.64 bits per heavy atom. The predicted octanol–water partition coefficient (Wildman–Crippen LogP) is 0.215. The second-order valence-corrected chi connectivity index (χ2v) is 4.04. The van der Waals surface area contributed by atoms with Crippen LogP contribution in [0.5, 0.6) is 0 Å². The number of hydrogen-bond acceptors (Lipinski definition) is 4. The first-order chi connectivity index (χ1) is 6.70. The van der Waals surface area contributed by atoms with E-state index in [0.717, 1.165) is 12.3 Å². The van der Waals surface area contributed by atoms with E-state index in [1.807, 2.05) is 6.07 Å². The third kappa shape index (κ3) is 7.90. The van der Waals surface area contributed by atoms with Crippen LogP contribution >= 0.6 is 11.8 Å². The van der Waals surface area contributed by atoms with Crippen molar-refractivity contribution in [3.8, 4) is 6.07 Å². The molecular formula is C9H17N3OS. The molecule has 1 amide bonds. The Morgan fingerprint density at radius 2 is 2.36 bits per heavy atom. The Bertz CT molecular complexity index is 203. The monoisotopic (exact) mass is 215 g/mol. The summed E-state index contributed by atoms with van der Waals surface area (Å²) in [5.41, 5.74) is 0. The number of nitrogens with zero attached hydrogens (tertiary/aromatic N) is 1. The number of carbonyl (C=O) groups excluding carboxylic acids is 1. The second-order valence-electron chi connectivity index (χ2n) is 3.13. The van der Waals surface area contributed by atoms with Crippen LogP contribution in [-0.2, 0) is 4.79 Å². The van der Waals surface area contributed by atoms with E-state index in [4.69, 9.17) is 5.26 Å². The van der Waals surface area contributed by atoms with Crippen molar-refractivity contribution in [1.82, 2.24) is 10.6 Å². The zero-order valence-corrected chi connectivity index (χ0v) is 9.49. The Balaban J connectivity index is 3.35. The summed E-state index contributed by atoms with van der Waals surface area (Å²) in [5, 5.41) is 13.7. The van der Waals surface area contributed by atoms with Crippen molar-refractivity contribution in [2.24, 2.45) is 5.92 Å². The molecule has 0 fully saturated rings. The Morgan fingerprint density at radius 3 is 2.93 bits per heavy atom. The quantitative estimate of drug-likeness (QED) is 0.596. The summed E-state index contributed by atoms with van der Waals surface area (Å²) in [5.74, 6) is 1.53. The van der Waals surface area contributed by atoms with Gasteiger partial charge in [0, 0.05) is 0 Å². The molecule has 0 heterocycles. The van der Waals surface area contributed by atoms with Gasteiger partial charge in [-0.15, -0.1) is 0 Å². The van der Waals surface area contributed by atoms with E-state index in [0.29, 0.717) is 12.5 Å². The van der Waals surface area contributed by atoms with E-state index in [2.05, 4.69) is 23.8 Å². The van der Waals surface area contributed by atoms with Crippen LogP contribution in [0.15, 0.2) is 0 Å². The number of hydrogen-bond donors (Lipinski definition) is 2. The lowest BCUT2D eigenvalue weighted by atomic mass is 10.2. The topological polar surface area (TPSA) is 64.9 Å². The van der Waals surface area contributed by atoms with Crippen molar-refractivity contribution in [2.75, 3.05) is 31.6 Å². The molecule has 0 saturated heterocycles. The molecule has 1 unspecified atom stereocenters. The molecule has 5 heteroatoms. The van der Waals surface area contributed by atoms with Gasteiger partial charge >= 0.3 is 0 Å². The smallest absolute Gasteiger partial charge is 0.234 e. The average Bonchev–Trinajstić information content (AvgIpc) is 2.15. The number of nitrogens with one attached hydrogen (secondary N) is 2. The number of nitriles is 1. The minimum Gasteiger partial charge on any atom is -0.342 e. The van der Waals surface area contributed by atoms with Gasteiger partial charge in [-0.2, -0.15) is 17.0 Å². The van der Waals surface area contributed by atoms with Crippen LogP contribution in [0.1, 0.15) is 6.92 Å². The molecule has 0 radical (unpaired) electrons. The van der Waals surface area contributed by atoms with Gasteiger partial charge in [0.15, 0.2) is 0 Å². The summed E-state index contributed by atoms with van der Waals surface area (Å²) in [6.45, 7) is 3.35. The fourth-order valence-corrected chi connectivity index (χ4v) is 1.66. The van der Waals surface area contributed by atoms with Gasteiger partial charge in [-0.25, -0.2) is 0 Å². The van der Waals surface area contributed by atoms with Gasteiger partial charge in [0.2, 0.25) is 5.91 Å². The minimum atomic E-state index is -0.122. The average molecular weight is 215 g/mol. The highest BCUT2D eigenvalue weighted by molar-refractivity contribution is 7.98. The van der Waals surface area contributed by atoms with E-state index >= 15 is 0 Å². The van der Waals surface area contributed by atoms with E-state index in [-0.39, 0.29) is 12.5 Å². The van der Waals surface area contributed by atoms with Gasteiger partial charge < -0.3 is 10.6 Å². The lowest BCUT2D eigenvalue weighted by Gasteiger charge is -2.10. The number of rotatable bonds is 7. The Labute approximate surface area is 89.4 Å². The molecule has 0 aliphatic rings. The highest BCUT2D eigenvalue weighted by Gasteiger charge is 2.02. The summed E-state index contributed by atoms with van der Waals surface area (Å²) < 4.78 is 0. The van der Waals surface area contributed by atoms with Crippen molar-refractivity contribution in [2.45, 2.75) is 6.92 Å². The fourth-order valence-electron chi connectivity index (χ4n) is 0.976. The van der Waals surface area contributed by atoms with E-state index in [9.17, 15) is 4.79 Å². The highest BCUT2D eigenvalue weighted by Crippen LogP contribution is 2.01. The van der Waals surface area contributed by atoms with Crippen LogP contribution in [0.25, 0.3) is 0 Å². The molecule has 1 atom stereocenters. The van der Waals surface area contributed by atoms with Crippen molar-refractivity contribution < 1.29 is 4.79 Å². The molecule has 14 heavy (non-hydrogen) atoms. The second kappa shape index (κ2) is 8.85. The standard InChI is InChI=1S/C9H17N3OS/c1-8(7-14-2)5-11-6-9(13)12-4-3-10/h8,11H,4-7H2,1-2H3,(H,12,13). The first-order valence-electron chi connectivity index (χ1n) is 4.54. The van der Waals surface area contributed by atoms with Crippen molar-refractivity contribution >= 4 is 17.7 Å². The number of amides is 1. The maximum atomic E-state index is 11.0. The van der Waals surface area contributed by atoms with Crippen molar-refractivity contribution in [3.63, 3.8) is 0 Å². The molecule has 0 rings (SSSR count). The van der Waals surface area contributed by atoms with E-state index in [1.54, 1.807) is 11.8 Å². The zero-order chi connectivity index (χ0) is 10.8. The molecule has 0 aliphatic carbocycles. The molecule has 0 aromatic rings. The summed E-state index contributed by atoms with van der Waals surface area (Å²) in [6, 6.07) is 1.86. The van der Waals surface area contributed by atoms with Crippen LogP contribution < -0.4 is 10.6 Å². The van der Waals surface area contributed by atoms with Crippen molar-refractivity contribution in [1.29, 1.82) is 5.26 Å². The lowest BCUT2D eigenvalue weighted by molar-refractivity contribution is -0.120. The third-order valence-corrected chi connectivity index (χ3v) is 2.50. The number of carbonyl (C=O) groups is 1. The molecule has 0 aliphatic heterocycles. The predicted molar refractivity (Wildman–Crippen MR) is 59.0 cm³/mol. The molecule has 0 aromatic heterocycles. The lowest BCUT2D eigenvalue weighted by Crippen LogP contribution is -2.36. The third-order valence-electron chi connectivity index (χ3n) is 1.59. The number of thioether (sulfide) groups is 1. The van der Waals surface area contributed by atoms with Gasteiger partial charge in [-0.1, -0.05) is 6.92 Å². The van der Waals surface area contributed by atoms with Crippen LogP contribution in [0.3, 0.4) is 0 Å². The molecular weight excluding hydrogens is 198 g/mol. The van der Waals surface area contributed by atoms with Crippen LogP contribution in [0, 0.1) is 17.2 Å². The molecule has 0 aromatic carbocycles. The summed E-state index contributed by atoms with van der Waals surface area (Å²) in [4.78, 5) is 11.0. The van der Waals surface area contributed by atoms with Crippen LogP contribution in [-0.4, -0.2) is 37.6 Å². The van der Waals surface area contributed by atoms with E-state index < -0.39 is 0 Å². The first kappa shape index (κ1) is 13.3. The molecule has 4 nitrogen and oxygen atoms in total. The fraction of sp³-hybridized carbons (Fsp3) is 0.778. The normalized spacial score (nSPS) is 11.8. The van der Waals surface area contributed by atoms with Crippen molar-refractivity contribution in [3.05, 3.63) is 0 Å². The van der Waals surface area contributed by atoms with Crippen LogP contribution in [0.2, 0.25) is 0 Å². The van der Waals surface area contributed by atoms with Gasteiger partial charge in [0.1, 0.15) is 6.54 Å². The summed E-state index contributed by atoms with van der Waals surface area (Å²) >= 11 is 1.80. The minimum absolute atomic E-state index is 0.0842. The first-order valence-corrected chi connectivity index (χ1v) is 5.93. The molecule has 0 saturated carbocycles. The largest absolute Gasteiger partial charge is 0.342 e. The maximum absolute atomic E-state index is 11.0. The SMILES string of the molecule is CSCC(C)CNCC(=O)NCC#N. The molecule has 2 N–H and O–H groups in total. The molecule has 80 valence electrons. The zero-order valence-electron chi connectivity index (χ0n) is 8.67. The van der Waals surface area contributed by atoms with Gasteiger partial charge in [0.25, 0.3) is 0 Å². The highest BCUT2D eigenvalue weighted by atomic mass is 32.2. The summed E-state index contributed by atoms with van der Waals surface area (Å²) in [7, 11) is 0.